The molecule has 6 nitrogen and oxygen atoms in total. The van der Waals surface area contributed by atoms with E-state index in [9.17, 15) is 4.79 Å². The monoisotopic (exact) mass is 339 g/mol. The van der Waals surface area contributed by atoms with Gasteiger partial charge in [0.05, 0.1) is 6.04 Å². The summed E-state index contributed by atoms with van der Waals surface area (Å²) in [4.78, 5) is 19.0. The predicted octanol–water partition coefficient (Wildman–Crippen LogP) is 3.16. The van der Waals surface area contributed by atoms with Crippen LogP contribution in [0.25, 0.3) is 0 Å². The molecular weight excluding hydrogens is 314 g/mol. The van der Waals surface area contributed by atoms with E-state index in [1.54, 1.807) is 6.33 Å². The molecule has 1 aliphatic heterocycles. The van der Waals surface area contributed by atoms with Crippen molar-refractivity contribution in [1.82, 2.24) is 25.4 Å². The number of hydrogen-bond acceptors (Lipinski definition) is 3. The molecule has 2 N–H and O–H groups in total. The molecule has 0 radical (unpaired) electrons. The molecule has 1 fully saturated rings. The number of carbonyl (C=O) groups is 1. The highest BCUT2D eigenvalue weighted by Crippen LogP contribution is 2.29. The van der Waals surface area contributed by atoms with Crippen LogP contribution in [0.1, 0.15) is 61.0 Å². The average Bonchev–Trinajstić information content (AvgIpc) is 3.12. The minimum Gasteiger partial charge on any atom is -0.331 e. The van der Waals surface area contributed by atoms with Gasteiger partial charge in [0, 0.05) is 19.0 Å². The second kappa shape index (κ2) is 7.25. The Hall–Kier alpha value is -2.37. The van der Waals surface area contributed by atoms with Crippen molar-refractivity contribution in [3.05, 3.63) is 47.5 Å². The minimum absolute atomic E-state index is 0.0673. The number of carbonyl (C=O) groups excluding carboxylic acids is 1. The van der Waals surface area contributed by atoms with Gasteiger partial charge in [0.1, 0.15) is 12.2 Å². The lowest BCUT2D eigenvalue weighted by Crippen LogP contribution is -2.45. The normalized spacial score (nSPS) is 21.4. The average molecular weight is 339 g/mol. The highest BCUT2D eigenvalue weighted by atomic mass is 16.2. The summed E-state index contributed by atoms with van der Waals surface area (Å²) in [6.45, 7) is 1.54. The van der Waals surface area contributed by atoms with Crippen molar-refractivity contribution in [1.29, 1.82) is 0 Å². The molecule has 2 aromatic rings. The molecular formula is C19H25N5O. The lowest BCUT2D eigenvalue weighted by molar-refractivity contribution is 0.176. The first kappa shape index (κ1) is 16.1. The van der Waals surface area contributed by atoms with Gasteiger partial charge in [0.25, 0.3) is 0 Å². The zero-order valence-corrected chi connectivity index (χ0v) is 14.4. The van der Waals surface area contributed by atoms with E-state index in [4.69, 9.17) is 0 Å². The third-order valence-corrected chi connectivity index (χ3v) is 5.52. The summed E-state index contributed by atoms with van der Waals surface area (Å²) in [5.74, 6) is 1.32. The van der Waals surface area contributed by atoms with Gasteiger partial charge in [-0.25, -0.2) is 9.78 Å². The second-order valence-corrected chi connectivity index (χ2v) is 7.08. The zero-order chi connectivity index (χ0) is 17.1. The zero-order valence-electron chi connectivity index (χ0n) is 14.4. The fraction of sp³-hybridized carbons (Fsp3) is 0.526. The van der Waals surface area contributed by atoms with Crippen molar-refractivity contribution in [3.63, 3.8) is 0 Å². The van der Waals surface area contributed by atoms with Crippen LogP contribution in [0.2, 0.25) is 0 Å². The molecule has 2 heterocycles. The van der Waals surface area contributed by atoms with Crippen molar-refractivity contribution in [3.8, 4) is 0 Å². The van der Waals surface area contributed by atoms with Crippen LogP contribution in [-0.4, -0.2) is 39.2 Å². The summed E-state index contributed by atoms with van der Waals surface area (Å²) in [6.07, 6.45) is 7.92. The Labute approximate surface area is 148 Å². The molecule has 0 unspecified atom stereocenters. The lowest BCUT2D eigenvalue weighted by atomic mass is 9.96. The Balaban J connectivity index is 1.38. The first-order chi connectivity index (χ1) is 12.3. The maximum Gasteiger partial charge on any atom is 0.317 e. The molecule has 2 aliphatic rings. The van der Waals surface area contributed by atoms with Gasteiger partial charge in [-0.2, -0.15) is 5.10 Å². The van der Waals surface area contributed by atoms with E-state index in [1.807, 2.05) is 4.90 Å². The number of aromatic amines is 1. The first-order valence-electron chi connectivity index (χ1n) is 9.30. The van der Waals surface area contributed by atoms with Crippen LogP contribution < -0.4 is 5.32 Å². The number of H-pyrrole nitrogens is 1. The smallest absolute Gasteiger partial charge is 0.317 e. The van der Waals surface area contributed by atoms with Crippen molar-refractivity contribution < 1.29 is 4.79 Å². The molecule has 1 aromatic carbocycles. The number of hydrogen-bond donors (Lipinski definition) is 2. The molecule has 132 valence electrons. The van der Waals surface area contributed by atoms with Crippen LogP contribution in [0, 0.1) is 0 Å². The van der Waals surface area contributed by atoms with E-state index in [-0.39, 0.29) is 12.1 Å². The van der Waals surface area contributed by atoms with Gasteiger partial charge >= 0.3 is 6.03 Å². The molecule has 1 atom stereocenters. The highest BCUT2D eigenvalue weighted by molar-refractivity contribution is 5.75. The molecule has 0 saturated carbocycles. The van der Waals surface area contributed by atoms with Gasteiger partial charge in [-0.15, -0.1) is 0 Å². The molecule has 2 amide bonds. The van der Waals surface area contributed by atoms with Crippen LogP contribution in [-0.2, 0) is 6.42 Å². The molecule has 4 rings (SSSR count). The number of urea groups is 1. The van der Waals surface area contributed by atoms with Crippen molar-refractivity contribution in [2.75, 3.05) is 13.1 Å². The predicted molar refractivity (Wildman–Crippen MR) is 95.2 cm³/mol. The van der Waals surface area contributed by atoms with Crippen LogP contribution in [0.5, 0.6) is 0 Å². The third-order valence-electron chi connectivity index (χ3n) is 5.52. The summed E-state index contributed by atoms with van der Waals surface area (Å²) >= 11 is 0. The number of nitrogens with zero attached hydrogens (tertiary/aromatic N) is 3. The largest absolute Gasteiger partial charge is 0.331 e. The first-order valence-corrected chi connectivity index (χ1v) is 9.30. The van der Waals surface area contributed by atoms with Crippen molar-refractivity contribution >= 4 is 6.03 Å². The number of aromatic nitrogens is 3. The summed E-state index contributed by atoms with van der Waals surface area (Å²) in [5.41, 5.74) is 2.68. The molecule has 25 heavy (non-hydrogen) atoms. The maximum atomic E-state index is 12.8. The molecule has 0 spiro atoms. The second-order valence-electron chi connectivity index (χ2n) is 7.08. The van der Waals surface area contributed by atoms with E-state index in [1.165, 1.54) is 17.5 Å². The fourth-order valence-corrected chi connectivity index (χ4v) is 4.08. The third kappa shape index (κ3) is 3.52. The van der Waals surface area contributed by atoms with Crippen LogP contribution >= 0.6 is 0 Å². The summed E-state index contributed by atoms with van der Waals surface area (Å²) in [5, 5.41) is 10.2. The quantitative estimate of drug-likeness (QED) is 0.825. The standard InChI is InChI=1S/C19H25N5O/c25-19(24-11-9-15(10-12-24)18-20-13-21-23-18)22-17-8-4-2-6-14-5-1-3-7-16(14)17/h1,3,5,7,13,15,17H,2,4,6,8-12H2,(H,22,25)(H,20,21,23)/t17-/m0/s1. The Bertz CT molecular complexity index is 706. The summed E-state index contributed by atoms with van der Waals surface area (Å²) in [6, 6.07) is 8.74. The van der Waals surface area contributed by atoms with E-state index in [0.29, 0.717) is 5.92 Å². The number of aryl methyl sites for hydroxylation is 1. The molecule has 1 saturated heterocycles. The number of nitrogens with one attached hydrogen (secondary N) is 2. The molecule has 6 heteroatoms. The minimum atomic E-state index is 0.0673. The molecule has 1 aromatic heterocycles. The van der Waals surface area contributed by atoms with Crippen LogP contribution in [0.15, 0.2) is 30.6 Å². The molecule has 1 aliphatic carbocycles. The fourth-order valence-electron chi connectivity index (χ4n) is 4.08. The number of fused-ring (bicyclic) bond motifs is 1. The Kier molecular flexibility index (Phi) is 4.68. The Morgan fingerprint density at radius 2 is 2.00 bits per heavy atom. The maximum absolute atomic E-state index is 12.8. The summed E-state index contributed by atoms with van der Waals surface area (Å²) < 4.78 is 0. The topological polar surface area (TPSA) is 73.9 Å². The number of rotatable bonds is 2. The van der Waals surface area contributed by atoms with Gasteiger partial charge < -0.3 is 10.2 Å². The van der Waals surface area contributed by atoms with Gasteiger partial charge in [0.15, 0.2) is 0 Å². The van der Waals surface area contributed by atoms with Crippen LogP contribution in [0.4, 0.5) is 4.79 Å². The van der Waals surface area contributed by atoms with Crippen molar-refractivity contribution in [2.45, 2.75) is 50.5 Å². The van der Waals surface area contributed by atoms with Gasteiger partial charge in [-0.3, -0.25) is 5.10 Å². The van der Waals surface area contributed by atoms with E-state index >= 15 is 0 Å². The lowest BCUT2D eigenvalue weighted by Gasteiger charge is -2.32. The Morgan fingerprint density at radius 3 is 2.80 bits per heavy atom. The number of amides is 2. The van der Waals surface area contributed by atoms with Gasteiger partial charge in [0.2, 0.25) is 0 Å². The van der Waals surface area contributed by atoms with E-state index in [0.717, 1.165) is 51.0 Å². The number of benzene rings is 1. The summed E-state index contributed by atoms with van der Waals surface area (Å²) in [7, 11) is 0. The van der Waals surface area contributed by atoms with Gasteiger partial charge in [-0.05, 0) is 43.2 Å². The number of piperidine rings is 1. The highest BCUT2D eigenvalue weighted by Gasteiger charge is 2.27. The van der Waals surface area contributed by atoms with E-state index in [2.05, 4.69) is 44.8 Å². The van der Waals surface area contributed by atoms with Gasteiger partial charge in [-0.1, -0.05) is 30.7 Å². The number of likely N-dealkylation sites (tertiary alicyclic amines) is 1. The molecule has 0 bridgehead atoms. The Morgan fingerprint density at radius 1 is 1.16 bits per heavy atom. The van der Waals surface area contributed by atoms with Crippen LogP contribution in [0.3, 0.4) is 0 Å². The SMILES string of the molecule is O=C(N[C@H]1CCCCc2ccccc21)N1CCC(c2ncn[nH]2)CC1. The van der Waals surface area contributed by atoms with Crippen molar-refractivity contribution in [2.24, 2.45) is 0 Å². The van der Waals surface area contributed by atoms with E-state index < -0.39 is 0 Å².